The molecule has 0 aromatic heterocycles. The van der Waals surface area contributed by atoms with Crippen molar-refractivity contribution in [2.45, 2.75) is 133 Å². The normalized spacial score (nSPS) is 21.9. The van der Waals surface area contributed by atoms with Crippen molar-refractivity contribution in [3.63, 3.8) is 0 Å². The van der Waals surface area contributed by atoms with Gasteiger partial charge in [0.15, 0.2) is 0 Å². The number of esters is 1. The molecule has 3 aliphatic heterocycles. The third-order valence-electron chi connectivity index (χ3n) is 10.4. The molecule has 5 rings (SSSR count). The number of rotatable bonds is 16. The zero-order chi connectivity index (χ0) is 32.9. The molecule has 1 spiro atoms. The monoisotopic (exact) mass is 657 g/mol. The lowest BCUT2D eigenvalue weighted by atomic mass is 9.86. The number of carbonyl (C=O) groups excluding carboxylic acids is 1. The maximum Gasteiger partial charge on any atom is 0.347 e. The van der Waals surface area contributed by atoms with Crippen molar-refractivity contribution in [3.05, 3.63) is 71.8 Å². The minimum atomic E-state index is -4.48. The summed E-state index contributed by atoms with van der Waals surface area (Å²) in [6.45, 7) is 4.84. The van der Waals surface area contributed by atoms with Gasteiger partial charge in [-0.3, -0.25) is 4.18 Å². The second-order valence-electron chi connectivity index (χ2n) is 13.5. The number of quaternary nitrogens is 1. The molecule has 2 bridgehead atoms. The maximum atomic E-state index is 13.4. The average molecular weight is 658 g/mol. The van der Waals surface area contributed by atoms with Gasteiger partial charge in [-0.15, -0.1) is 0 Å². The van der Waals surface area contributed by atoms with Crippen molar-refractivity contribution in [3.8, 4) is 0 Å². The van der Waals surface area contributed by atoms with Crippen LogP contribution in [0, 0.1) is 0 Å². The summed E-state index contributed by atoms with van der Waals surface area (Å²) >= 11 is 0. The average Bonchev–Trinajstić information content (AvgIpc) is 3.60. The molecule has 8 nitrogen and oxygen atoms in total. The SMILES string of the molecule is CCCCCCCCCCCCOS(=O)(=O)[O-].O=C(OC1CC2CCC(C1)[N+]21CCCC1)C(O)(c1ccccc1)c1ccccc1. The van der Waals surface area contributed by atoms with Gasteiger partial charge in [-0.1, -0.05) is 125 Å². The van der Waals surface area contributed by atoms with Crippen molar-refractivity contribution in [1.29, 1.82) is 0 Å². The van der Waals surface area contributed by atoms with Crippen LogP contribution in [0.25, 0.3) is 0 Å². The smallest absolute Gasteiger partial charge is 0.347 e. The number of ether oxygens (including phenoxy) is 1. The van der Waals surface area contributed by atoms with Crippen LogP contribution >= 0.6 is 0 Å². The van der Waals surface area contributed by atoms with Crippen molar-refractivity contribution < 1.29 is 36.3 Å². The topological polar surface area (TPSA) is 113 Å². The van der Waals surface area contributed by atoms with E-state index in [1.807, 2.05) is 36.4 Å². The molecule has 2 aromatic carbocycles. The molecular formula is C37H55NO7S. The summed E-state index contributed by atoms with van der Waals surface area (Å²) in [6.07, 6.45) is 18.6. The van der Waals surface area contributed by atoms with E-state index in [1.165, 1.54) is 88.2 Å². The Kier molecular flexibility index (Phi) is 14.1. The zero-order valence-electron chi connectivity index (χ0n) is 27.7. The van der Waals surface area contributed by atoms with E-state index in [4.69, 9.17) is 4.74 Å². The number of benzene rings is 2. The summed E-state index contributed by atoms with van der Waals surface area (Å²) in [5.74, 6) is -0.547. The molecule has 46 heavy (non-hydrogen) atoms. The first-order valence-corrected chi connectivity index (χ1v) is 19.0. The Morgan fingerprint density at radius 3 is 1.72 bits per heavy atom. The van der Waals surface area contributed by atoms with E-state index in [0.29, 0.717) is 29.6 Å². The van der Waals surface area contributed by atoms with Crippen LogP contribution in [0.5, 0.6) is 0 Å². The van der Waals surface area contributed by atoms with Gasteiger partial charge in [0.25, 0.3) is 0 Å². The van der Waals surface area contributed by atoms with Crippen LogP contribution < -0.4 is 0 Å². The zero-order valence-corrected chi connectivity index (χ0v) is 28.5. The summed E-state index contributed by atoms with van der Waals surface area (Å²) in [6, 6.07) is 19.6. The standard InChI is InChI=1S/C25H30NO3.C12H26O4S/c27-24(25(28,19-9-3-1-4-10-19)20-11-5-2-6-12-20)29-23-17-21-13-14-22(18-23)26(21)15-7-8-16-26;1-2-3-4-5-6-7-8-9-10-11-12-16-17(13,14)15/h1-6,9-12,21-23,28H,7-8,13-18H2;2-12H2,1H3,(H,13,14,15)/q+1;/p-1. The van der Waals surface area contributed by atoms with E-state index in [1.54, 1.807) is 24.3 Å². The molecule has 3 fully saturated rings. The fraction of sp³-hybridized carbons (Fsp3) is 0.649. The molecule has 3 aliphatic rings. The van der Waals surface area contributed by atoms with Gasteiger partial charge in [0.2, 0.25) is 16.0 Å². The Labute approximate surface area is 277 Å². The second kappa shape index (κ2) is 17.7. The third-order valence-corrected chi connectivity index (χ3v) is 10.9. The van der Waals surface area contributed by atoms with E-state index >= 15 is 0 Å². The van der Waals surface area contributed by atoms with Crippen LogP contribution in [0.2, 0.25) is 0 Å². The molecule has 9 heteroatoms. The predicted octanol–water partition coefficient (Wildman–Crippen LogP) is 7.15. The first-order chi connectivity index (χ1) is 22.2. The van der Waals surface area contributed by atoms with Crippen molar-refractivity contribution in [2.75, 3.05) is 19.7 Å². The Balaban J connectivity index is 0.000000244. The molecule has 0 aliphatic carbocycles. The van der Waals surface area contributed by atoms with E-state index < -0.39 is 22.0 Å². The van der Waals surface area contributed by atoms with Crippen molar-refractivity contribution in [1.82, 2.24) is 0 Å². The van der Waals surface area contributed by atoms with Gasteiger partial charge in [0.1, 0.15) is 6.10 Å². The first kappa shape index (κ1) is 36.5. The van der Waals surface area contributed by atoms with E-state index in [2.05, 4.69) is 11.1 Å². The fourth-order valence-corrected chi connectivity index (χ4v) is 8.38. The number of hydrogen-bond donors (Lipinski definition) is 1. The lowest BCUT2D eigenvalue weighted by molar-refractivity contribution is -0.956. The number of hydrogen-bond acceptors (Lipinski definition) is 7. The van der Waals surface area contributed by atoms with Crippen molar-refractivity contribution >= 4 is 16.4 Å². The minimum absolute atomic E-state index is 0.0301. The van der Waals surface area contributed by atoms with Gasteiger partial charge in [0.05, 0.1) is 31.8 Å². The third kappa shape index (κ3) is 9.86. The molecule has 3 heterocycles. The summed E-state index contributed by atoms with van der Waals surface area (Å²) in [5, 5.41) is 11.6. The van der Waals surface area contributed by atoms with E-state index in [9.17, 15) is 22.9 Å². The van der Waals surface area contributed by atoms with Crippen LogP contribution in [-0.4, -0.2) is 66.4 Å². The lowest BCUT2D eigenvalue weighted by Crippen LogP contribution is -2.60. The van der Waals surface area contributed by atoms with Crippen LogP contribution in [0.1, 0.15) is 121 Å². The van der Waals surface area contributed by atoms with Gasteiger partial charge < -0.3 is 18.9 Å². The molecule has 2 atom stereocenters. The molecule has 1 N–H and O–H groups in total. The summed E-state index contributed by atoms with van der Waals surface area (Å²) in [5.41, 5.74) is -0.671. The molecule has 3 saturated heterocycles. The molecule has 256 valence electrons. The van der Waals surface area contributed by atoms with Gasteiger partial charge in [0, 0.05) is 38.5 Å². The number of carbonyl (C=O) groups is 1. The fourth-order valence-electron chi connectivity index (χ4n) is 8.05. The first-order valence-electron chi connectivity index (χ1n) is 17.7. The molecule has 0 saturated carbocycles. The number of nitrogens with zero attached hydrogens (tertiary/aromatic N) is 1. The molecular weight excluding hydrogens is 602 g/mol. The summed E-state index contributed by atoms with van der Waals surface area (Å²) in [4.78, 5) is 13.4. The predicted molar refractivity (Wildman–Crippen MR) is 179 cm³/mol. The summed E-state index contributed by atoms with van der Waals surface area (Å²) in [7, 11) is -4.48. The van der Waals surface area contributed by atoms with E-state index in [0.717, 1.165) is 25.7 Å². The van der Waals surface area contributed by atoms with Crippen molar-refractivity contribution in [2.24, 2.45) is 0 Å². The molecule has 0 amide bonds. The maximum absolute atomic E-state index is 13.4. The lowest BCUT2D eigenvalue weighted by Gasteiger charge is -2.47. The largest absolute Gasteiger partial charge is 0.726 e. The highest BCUT2D eigenvalue weighted by Crippen LogP contribution is 2.46. The number of aliphatic hydroxyl groups is 1. The van der Waals surface area contributed by atoms with Gasteiger partial charge in [-0.05, 0) is 17.5 Å². The van der Waals surface area contributed by atoms with Crippen LogP contribution in [0.4, 0.5) is 0 Å². The molecule has 2 aromatic rings. The number of piperidine rings is 1. The quantitative estimate of drug-likeness (QED) is 0.0671. The van der Waals surface area contributed by atoms with Gasteiger partial charge in [-0.2, -0.15) is 0 Å². The highest BCUT2D eigenvalue weighted by Gasteiger charge is 2.56. The van der Waals surface area contributed by atoms with Crippen LogP contribution in [-0.2, 0) is 29.7 Å². The Bertz CT molecular complexity index is 1230. The van der Waals surface area contributed by atoms with Gasteiger partial charge >= 0.3 is 5.97 Å². The number of unbranched alkanes of at least 4 members (excludes halogenated alkanes) is 9. The molecule has 2 unspecified atom stereocenters. The summed E-state index contributed by atoms with van der Waals surface area (Å²) < 4.78 is 41.8. The Hall–Kier alpha value is -2.30. The second-order valence-corrected chi connectivity index (χ2v) is 14.5. The highest BCUT2D eigenvalue weighted by molar-refractivity contribution is 7.80. The highest BCUT2D eigenvalue weighted by atomic mass is 32.3. The minimum Gasteiger partial charge on any atom is -0.726 e. The molecule has 0 radical (unpaired) electrons. The Morgan fingerprint density at radius 1 is 0.804 bits per heavy atom. The van der Waals surface area contributed by atoms with Crippen LogP contribution in [0.15, 0.2) is 60.7 Å². The van der Waals surface area contributed by atoms with E-state index in [-0.39, 0.29) is 12.7 Å². The van der Waals surface area contributed by atoms with Gasteiger partial charge in [-0.25, -0.2) is 13.2 Å². The Morgan fingerprint density at radius 2 is 1.26 bits per heavy atom. The van der Waals surface area contributed by atoms with Crippen LogP contribution in [0.3, 0.4) is 0 Å².